The van der Waals surface area contributed by atoms with E-state index in [2.05, 4.69) is 34.6 Å². The van der Waals surface area contributed by atoms with Crippen LogP contribution in [0.25, 0.3) is 0 Å². The van der Waals surface area contributed by atoms with E-state index in [1.807, 2.05) is 0 Å². The largest absolute Gasteiger partial charge is 0.340 e. The van der Waals surface area contributed by atoms with Crippen molar-refractivity contribution >= 4 is 11.5 Å². The second kappa shape index (κ2) is 4.50. The third kappa shape index (κ3) is 2.05. The molecule has 2 aromatic rings. The fourth-order valence-corrected chi connectivity index (χ4v) is 2.37. The molecule has 0 saturated heterocycles. The molecule has 88 valence electrons. The van der Waals surface area contributed by atoms with E-state index in [0.717, 1.165) is 12.1 Å². The van der Waals surface area contributed by atoms with E-state index in [1.54, 1.807) is 18.3 Å². The molecule has 0 spiro atoms. The summed E-state index contributed by atoms with van der Waals surface area (Å²) in [5.74, 6) is 0.715. The lowest BCUT2D eigenvalue weighted by molar-refractivity contribution is 0.912. The Balaban J connectivity index is 1.86. The molecule has 3 nitrogen and oxygen atoms in total. The van der Waals surface area contributed by atoms with Gasteiger partial charge in [0, 0.05) is 11.9 Å². The Morgan fingerprint density at radius 2 is 2.00 bits per heavy atom. The Morgan fingerprint density at radius 3 is 2.89 bits per heavy atom. The molecule has 0 bridgehead atoms. The lowest BCUT2D eigenvalue weighted by atomic mass is 10.1. The Morgan fingerprint density at radius 1 is 1.11 bits per heavy atom. The first kappa shape index (κ1) is 10.8. The second-order valence-electron chi connectivity index (χ2n) is 4.50. The van der Waals surface area contributed by atoms with Crippen LogP contribution in [0.4, 0.5) is 11.5 Å². The summed E-state index contributed by atoms with van der Waals surface area (Å²) in [6, 6.07) is 12.0. The van der Waals surface area contributed by atoms with Gasteiger partial charge in [-0.2, -0.15) is 5.26 Å². The van der Waals surface area contributed by atoms with E-state index in [1.165, 1.54) is 24.0 Å². The maximum absolute atomic E-state index is 8.85. The molecule has 1 heterocycles. The van der Waals surface area contributed by atoms with Crippen molar-refractivity contribution < 1.29 is 0 Å². The van der Waals surface area contributed by atoms with E-state index in [0.29, 0.717) is 11.4 Å². The molecule has 3 heteroatoms. The number of aromatic nitrogens is 1. The van der Waals surface area contributed by atoms with Gasteiger partial charge in [0.15, 0.2) is 0 Å². The minimum Gasteiger partial charge on any atom is -0.340 e. The summed E-state index contributed by atoms with van der Waals surface area (Å²) in [6.45, 7) is 0. The number of hydrogen-bond acceptors (Lipinski definition) is 3. The Labute approximate surface area is 106 Å². The number of rotatable bonds is 2. The van der Waals surface area contributed by atoms with Gasteiger partial charge in [0.1, 0.15) is 5.82 Å². The first-order valence-corrected chi connectivity index (χ1v) is 6.10. The van der Waals surface area contributed by atoms with Crippen molar-refractivity contribution in [2.75, 3.05) is 5.32 Å². The maximum Gasteiger partial charge on any atom is 0.131 e. The van der Waals surface area contributed by atoms with E-state index in [4.69, 9.17) is 5.26 Å². The maximum atomic E-state index is 8.85. The first-order chi connectivity index (χ1) is 8.85. The highest BCUT2D eigenvalue weighted by Crippen LogP contribution is 2.26. The molecule has 0 saturated carbocycles. The highest BCUT2D eigenvalue weighted by Gasteiger charge is 2.10. The molecule has 3 rings (SSSR count). The van der Waals surface area contributed by atoms with Gasteiger partial charge in [-0.05, 0) is 54.7 Å². The van der Waals surface area contributed by atoms with Crippen LogP contribution >= 0.6 is 0 Å². The summed E-state index contributed by atoms with van der Waals surface area (Å²) in [6.07, 6.45) is 5.25. The molecule has 0 atom stereocenters. The van der Waals surface area contributed by atoms with Gasteiger partial charge in [0.2, 0.25) is 0 Å². The number of fused-ring (bicyclic) bond motifs is 1. The Kier molecular flexibility index (Phi) is 2.70. The molecule has 1 aliphatic carbocycles. The minimum absolute atomic E-state index is 0.619. The van der Waals surface area contributed by atoms with E-state index >= 15 is 0 Å². The molecule has 18 heavy (non-hydrogen) atoms. The standard InChI is InChI=1S/C15H13N3/c16-10-11-6-7-17-15(8-11)18-14-5-4-12-2-1-3-13(12)9-14/h4-9H,1-3H2,(H,17,18). The highest BCUT2D eigenvalue weighted by atomic mass is 15.0. The quantitative estimate of drug-likeness (QED) is 0.869. The van der Waals surface area contributed by atoms with Crippen LogP contribution in [0.15, 0.2) is 36.5 Å². The van der Waals surface area contributed by atoms with Gasteiger partial charge in [0.25, 0.3) is 0 Å². The molecular weight excluding hydrogens is 222 g/mol. The van der Waals surface area contributed by atoms with Crippen LogP contribution in [0.3, 0.4) is 0 Å². The fourth-order valence-electron chi connectivity index (χ4n) is 2.37. The number of nitrogens with zero attached hydrogens (tertiary/aromatic N) is 2. The number of aryl methyl sites for hydroxylation is 2. The number of hydrogen-bond donors (Lipinski definition) is 1. The van der Waals surface area contributed by atoms with Crippen molar-refractivity contribution in [1.29, 1.82) is 5.26 Å². The number of anilines is 2. The number of pyridine rings is 1. The molecule has 0 amide bonds. The smallest absolute Gasteiger partial charge is 0.131 e. The molecule has 1 aromatic carbocycles. The predicted molar refractivity (Wildman–Crippen MR) is 70.7 cm³/mol. The zero-order valence-electron chi connectivity index (χ0n) is 9.98. The van der Waals surface area contributed by atoms with Gasteiger partial charge in [-0.3, -0.25) is 0 Å². The topological polar surface area (TPSA) is 48.7 Å². The predicted octanol–water partition coefficient (Wildman–Crippen LogP) is 3.19. The molecule has 0 radical (unpaired) electrons. The molecule has 0 fully saturated rings. The lowest BCUT2D eigenvalue weighted by Gasteiger charge is -2.07. The number of nitrogens with one attached hydrogen (secondary N) is 1. The number of nitriles is 1. The van der Waals surface area contributed by atoms with Crippen LogP contribution < -0.4 is 5.32 Å². The molecule has 1 N–H and O–H groups in total. The third-order valence-corrected chi connectivity index (χ3v) is 3.26. The summed E-state index contributed by atoms with van der Waals surface area (Å²) in [4.78, 5) is 4.21. The SMILES string of the molecule is N#Cc1ccnc(Nc2ccc3c(c2)CCC3)c1. The average molecular weight is 235 g/mol. The first-order valence-electron chi connectivity index (χ1n) is 6.10. The highest BCUT2D eigenvalue weighted by molar-refractivity contribution is 5.59. The monoisotopic (exact) mass is 235 g/mol. The summed E-state index contributed by atoms with van der Waals surface area (Å²) in [7, 11) is 0. The van der Waals surface area contributed by atoms with E-state index in [9.17, 15) is 0 Å². The van der Waals surface area contributed by atoms with E-state index in [-0.39, 0.29) is 0 Å². The van der Waals surface area contributed by atoms with Crippen molar-refractivity contribution in [3.8, 4) is 6.07 Å². The molecule has 1 aliphatic rings. The van der Waals surface area contributed by atoms with Crippen LogP contribution in [0.1, 0.15) is 23.1 Å². The summed E-state index contributed by atoms with van der Waals surface area (Å²) in [5, 5.41) is 12.1. The van der Waals surface area contributed by atoms with Gasteiger partial charge in [-0.1, -0.05) is 6.07 Å². The van der Waals surface area contributed by atoms with Crippen molar-refractivity contribution in [1.82, 2.24) is 4.98 Å². The number of benzene rings is 1. The van der Waals surface area contributed by atoms with Gasteiger partial charge >= 0.3 is 0 Å². The normalized spacial score (nSPS) is 12.8. The average Bonchev–Trinajstić information content (AvgIpc) is 2.86. The van der Waals surface area contributed by atoms with Gasteiger partial charge in [-0.15, -0.1) is 0 Å². The lowest BCUT2D eigenvalue weighted by Crippen LogP contribution is -1.95. The summed E-state index contributed by atoms with van der Waals surface area (Å²) in [5.41, 5.74) is 4.54. The van der Waals surface area contributed by atoms with Crippen molar-refractivity contribution in [2.45, 2.75) is 19.3 Å². The van der Waals surface area contributed by atoms with Crippen LogP contribution in [-0.4, -0.2) is 4.98 Å². The fraction of sp³-hybridized carbons (Fsp3) is 0.200. The van der Waals surface area contributed by atoms with E-state index < -0.39 is 0 Å². The zero-order chi connectivity index (χ0) is 12.4. The Bertz CT molecular complexity index is 626. The molecule has 0 aliphatic heterocycles. The zero-order valence-corrected chi connectivity index (χ0v) is 9.98. The van der Waals surface area contributed by atoms with Crippen LogP contribution in [0.5, 0.6) is 0 Å². The second-order valence-corrected chi connectivity index (χ2v) is 4.50. The van der Waals surface area contributed by atoms with Gasteiger partial charge in [-0.25, -0.2) is 4.98 Å². The van der Waals surface area contributed by atoms with Crippen LogP contribution in [0.2, 0.25) is 0 Å². The molecule has 0 unspecified atom stereocenters. The van der Waals surface area contributed by atoms with Crippen molar-refractivity contribution in [2.24, 2.45) is 0 Å². The third-order valence-electron chi connectivity index (χ3n) is 3.26. The summed E-state index contributed by atoms with van der Waals surface area (Å²) < 4.78 is 0. The Hall–Kier alpha value is -2.34. The molecular formula is C15H13N3. The minimum atomic E-state index is 0.619. The molecule has 1 aromatic heterocycles. The van der Waals surface area contributed by atoms with Crippen molar-refractivity contribution in [3.63, 3.8) is 0 Å². The van der Waals surface area contributed by atoms with Crippen LogP contribution in [-0.2, 0) is 12.8 Å². The van der Waals surface area contributed by atoms with Gasteiger partial charge in [0.05, 0.1) is 11.6 Å². The van der Waals surface area contributed by atoms with Crippen molar-refractivity contribution in [3.05, 3.63) is 53.2 Å². The van der Waals surface area contributed by atoms with Gasteiger partial charge < -0.3 is 5.32 Å². The van der Waals surface area contributed by atoms with Crippen LogP contribution in [0, 0.1) is 11.3 Å². The summed E-state index contributed by atoms with van der Waals surface area (Å²) >= 11 is 0.